The molecule has 32 heavy (non-hydrogen) atoms. The monoisotopic (exact) mass is 458 g/mol. The minimum absolute atomic E-state index is 0.104. The van der Waals surface area contributed by atoms with Gasteiger partial charge >= 0.3 is 0 Å². The number of amides is 1. The summed E-state index contributed by atoms with van der Waals surface area (Å²) >= 11 is 0. The first kappa shape index (κ1) is 23.3. The quantitative estimate of drug-likeness (QED) is 0.422. The second-order valence-corrected chi connectivity index (χ2v) is 9.26. The predicted molar refractivity (Wildman–Crippen MR) is 122 cm³/mol. The number of anilines is 1. The van der Waals surface area contributed by atoms with Gasteiger partial charge in [0.05, 0.1) is 24.8 Å². The third-order valence-electron chi connectivity index (χ3n) is 4.78. The molecule has 0 saturated carbocycles. The lowest BCUT2D eigenvalue weighted by Gasteiger charge is -2.07. The van der Waals surface area contributed by atoms with Gasteiger partial charge in [-0.1, -0.05) is 13.3 Å². The summed E-state index contributed by atoms with van der Waals surface area (Å²) in [6.45, 7) is 2.21. The molecule has 8 nitrogen and oxygen atoms in total. The summed E-state index contributed by atoms with van der Waals surface area (Å²) in [5, 5.41) is 0.552. The van der Waals surface area contributed by atoms with Crippen LogP contribution in [0.25, 0.3) is 11.0 Å². The topological polar surface area (TPSA) is 129 Å². The molecule has 1 aromatic heterocycles. The van der Waals surface area contributed by atoms with Crippen molar-refractivity contribution in [3.8, 4) is 5.75 Å². The Hall–Kier alpha value is -3.33. The zero-order chi connectivity index (χ0) is 23.3. The fourth-order valence-electron chi connectivity index (χ4n) is 3.30. The molecule has 0 unspecified atom stereocenters. The smallest absolute Gasteiger partial charge is 0.229 e. The van der Waals surface area contributed by atoms with Crippen LogP contribution in [0.3, 0.4) is 0 Å². The highest BCUT2D eigenvalue weighted by Crippen LogP contribution is 2.32. The highest BCUT2D eigenvalue weighted by Gasteiger charge is 2.22. The fourth-order valence-corrected chi connectivity index (χ4v) is 3.86. The van der Waals surface area contributed by atoms with Gasteiger partial charge in [-0.25, -0.2) is 8.42 Å². The van der Waals surface area contributed by atoms with Crippen LogP contribution < -0.4 is 15.2 Å². The van der Waals surface area contributed by atoms with E-state index in [1.807, 2.05) is 0 Å². The number of primary amides is 1. The van der Waals surface area contributed by atoms with E-state index in [1.165, 1.54) is 0 Å². The number of rotatable bonds is 11. The van der Waals surface area contributed by atoms with E-state index < -0.39 is 15.9 Å². The van der Waals surface area contributed by atoms with Crippen molar-refractivity contribution in [2.45, 2.75) is 32.6 Å². The average molecular weight is 459 g/mol. The Labute approximate surface area is 186 Å². The van der Waals surface area contributed by atoms with Gasteiger partial charge < -0.3 is 14.9 Å². The van der Waals surface area contributed by atoms with Gasteiger partial charge in [0, 0.05) is 23.1 Å². The lowest BCUT2D eigenvalue weighted by atomic mass is 9.98. The van der Waals surface area contributed by atoms with E-state index in [1.54, 1.807) is 42.5 Å². The van der Waals surface area contributed by atoms with Gasteiger partial charge in [-0.15, -0.1) is 0 Å². The number of nitrogens with two attached hydrogens (primary N) is 1. The minimum atomic E-state index is -3.46. The molecule has 0 aliphatic rings. The molecular weight excluding hydrogens is 432 g/mol. The molecule has 0 fully saturated rings. The number of fused-ring (bicyclic) bond motifs is 1. The highest BCUT2D eigenvalue weighted by atomic mass is 32.2. The van der Waals surface area contributed by atoms with Gasteiger partial charge in [-0.2, -0.15) is 0 Å². The Balaban J connectivity index is 1.96. The molecule has 170 valence electrons. The van der Waals surface area contributed by atoms with Gasteiger partial charge in [0.25, 0.3) is 0 Å². The van der Waals surface area contributed by atoms with Crippen molar-refractivity contribution in [3.63, 3.8) is 0 Å². The molecule has 1 amide bonds. The van der Waals surface area contributed by atoms with E-state index in [0.717, 1.165) is 19.1 Å². The molecule has 0 spiro atoms. The molecular formula is C23H26N2O6S. The number of unbranched alkanes of at least 4 members (excludes halogenated alkanes) is 1. The van der Waals surface area contributed by atoms with Crippen LogP contribution in [0.1, 0.15) is 47.9 Å². The van der Waals surface area contributed by atoms with Crippen molar-refractivity contribution in [2.24, 2.45) is 5.73 Å². The van der Waals surface area contributed by atoms with Gasteiger partial charge in [0.1, 0.15) is 17.1 Å². The molecule has 0 radical (unpaired) electrons. The molecule has 0 aliphatic carbocycles. The van der Waals surface area contributed by atoms with E-state index in [9.17, 15) is 18.0 Å². The first-order valence-electron chi connectivity index (χ1n) is 10.3. The number of hydrogen-bond acceptors (Lipinski definition) is 6. The summed E-state index contributed by atoms with van der Waals surface area (Å²) < 4.78 is 37.1. The van der Waals surface area contributed by atoms with Crippen LogP contribution in [0.5, 0.6) is 5.75 Å². The maximum Gasteiger partial charge on any atom is 0.229 e. The number of furan rings is 1. The molecule has 2 aromatic carbocycles. The Morgan fingerprint density at radius 1 is 1.12 bits per heavy atom. The summed E-state index contributed by atoms with van der Waals surface area (Å²) in [7, 11) is -3.46. The zero-order valence-electron chi connectivity index (χ0n) is 18.0. The van der Waals surface area contributed by atoms with Crippen LogP contribution in [0, 0.1) is 0 Å². The number of nitrogens with one attached hydrogen (secondary N) is 1. The van der Waals surface area contributed by atoms with E-state index in [-0.39, 0.29) is 18.8 Å². The molecule has 0 atom stereocenters. The van der Waals surface area contributed by atoms with E-state index >= 15 is 0 Å². The van der Waals surface area contributed by atoms with Gasteiger partial charge in [-0.3, -0.25) is 14.3 Å². The van der Waals surface area contributed by atoms with Crippen molar-refractivity contribution in [2.75, 3.05) is 17.6 Å². The number of hydrogen-bond donors (Lipinski definition) is 2. The van der Waals surface area contributed by atoms with Gasteiger partial charge in [-0.05, 0) is 48.9 Å². The van der Waals surface area contributed by atoms with Crippen molar-refractivity contribution >= 4 is 38.4 Å². The van der Waals surface area contributed by atoms with Crippen molar-refractivity contribution in [1.29, 1.82) is 0 Å². The number of ether oxygens (including phenoxy) is 1. The SMILES string of the molecule is CCCCc1oc2ccc(NS(C)(=O)=O)cc2c1C(=O)c1ccc(OCCC(N)=O)cc1. The van der Waals surface area contributed by atoms with Crippen molar-refractivity contribution in [3.05, 3.63) is 59.4 Å². The van der Waals surface area contributed by atoms with Crippen LogP contribution in [-0.4, -0.2) is 33.0 Å². The van der Waals surface area contributed by atoms with Crippen LogP contribution in [0.15, 0.2) is 46.9 Å². The number of sulfonamides is 1. The Morgan fingerprint density at radius 3 is 2.47 bits per heavy atom. The minimum Gasteiger partial charge on any atom is -0.493 e. The van der Waals surface area contributed by atoms with Crippen LogP contribution >= 0.6 is 0 Å². The van der Waals surface area contributed by atoms with Crippen molar-refractivity contribution in [1.82, 2.24) is 0 Å². The second-order valence-electron chi connectivity index (χ2n) is 7.51. The molecule has 0 saturated heterocycles. The number of carbonyl (C=O) groups excluding carboxylic acids is 2. The summed E-state index contributed by atoms with van der Waals surface area (Å²) in [5.41, 5.74) is 6.84. The summed E-state index contributed by atoms with van der Waals surface area (Å²) in [4.78, 5) is 24.2. The van der Waals surface area contributed by atoms with Crippen molar-refractivity contribution < 1.29 is 27.2 Å². The first-order valence-corrected chi connectivity index (χ1v) is 12.2. The molecule has 3 N–H and O–H groups in total. The van der Waals surface area contributed by atoms with Crippen LogP contribution in [-0.2, 0) is 21.2 Å². The Kier molecular flexibility index (Phi) is 7.19. The second kappa shape index (κ2) is 9.86. The van der Waals surface area contributed by atoms with Crippen LogP contribution in [0.2, 0.25) is 0 Å². The lowest BCUT2D eigenvalue weighted by Crippen LogP contribution is -2.14. The number of ketones is 1. The molecule has 1 heterocycles. The maximum atomic E-state index is 13.4. The van der Waals surface area contributed by atoms with Gasteiger partial charge in [0.2, 0.25) is 15.9 Å². The van der Waals surface area contributed by atoms with E-state index in [0.29, 0.717) is 45.7 Å². The third kappa shape index (κ3) is 5.88. The molecule has 3 rings (SSSR count). The molecule has 9 heteroatoms. The average Bonchev–Trinajstić information content (AvgIpc) is 3.08. The molecule has 0 bridgehead atoms. The van der Waals surface area contributed by atoms with E-state index in [4.69, 9.17) is 14.9 Å². The predicted octanol–water partition coefficient (Wildman–Crippen LogP) is 3.63. The number of aryl methyl sites for hydroxylation is 1. The molecule has 0 aliphatic heterocycles. The summed E-state index contributed by atoms with van der Waals surface area (Å²) in [6.07, 6.45) is 3.55. The lowest BCUT2D eigenvalue weighted by molar-refractivity contribution is -0.118. The highest BCUT2D eigenvalue weighted by molar-refractivity contribution is 7.92. The molecule has 3 aromatic rings. The Bertz CT molecular complexity index is 1230. The summed E-state index contributed by atoms with van der Waals surface area (Å²) in [5.74, 6) is 0.416. The zero-order valence-corrected chi connectivity index (χ0v) is 18.8. The maximum absolute atomic E-state index is 13.4. The number of benzene rings is 2. The van der Waals surface area contributed by atoms with Gasteiger partial charge in [0.15, 0.2) is 5.78 Å². The van der Waals surface area contributed by atoms with Crippen LogP contribution in [0.4, 0.5) is 5.69 Å². The normalized spacial score (nSPS) is 11.4. The Morgan fingerprint density at radius 2 is 1.84 bits per heavy atom. The largest absolute Gasteiger partial charge is 0.493 e. The number of carbonyl (C=O) groups is 2. The summed E-state index contributed by atoms with van der Waals surface area (Å²) in [6, 6.07) is 11.5. The first-order chi connectivity index (χ1) is 15.2. The third-order valence-corrected chi connectivity index (χ3v) is 5.39. The van der Waals surface area contributed by atoms with E-state index in [2.05, 4.69) is 11.6 Å². The fraction of sp³-hybridized carbons (Fsp3) is 0.304. The standard InChI is InChI=1S/C23H26N2O6S/c1-3-4-5-20-22(18-14-16(25-32(2,28)29)8-11-19(18)31-20)23(27)15-6-9-17(10-7-15)30-13-12-21(24)26/h6-11,14,25H,3-5,12-13H2,1-2H3,(H2,24,26).